The zero-order valence-electron chi connectivity index (χ0n) is 9.33. The highest BCUT2D eigenvalue weighted by Crippen LogP contribution is 2.30. The van der Waals surface area contributed by atoms with E-state index in [2.05, 4.69) is 34.1 Å². The highest BCUT2D eigenvalue weighted by Gasteiger charge is 2.21. The lowest BCUT2D eigenvalue weighted by Gasteiger charge is -2.19. The topological polar surface area (TPSA) is 17.1 Å². The Morgan fingerprint density at radius 2 is 1.94 bits per heavy atom. The monoisotopic (exact) mass is 276 g/mol. The van der Waals surface area contributed by atoms with E-state index >= 15 is 0 Å². The van der Waals surface area contributed by atoms with E-state index in [9.17, 15) is 4.79 Å². The summed E-state index contributed by atoms with van der Waals surface area (Å²) < 4.78 is 1.06. The molecule has 0 bridgehead atoms. The Morgan fingerprint density at radius 1 is 1.19 bits per heavy atom. The van der Waals surface area contributed by atoms with Gasteiger partial charge in [0.2, 0.25) is 0 Å². The van der Waals surface area contributed by atoms with Crippen molar-refractivity contribution in [3.05, 3.63) is 46.4 Å². The molecular formula is C14H13BrO. The van der Waals surface area contributed by atoms with E-state index in [1.165, 1.54) is 0 Å². The first-order valence-corrected chi connectivity index (χ1v) is 5.99. The van der Waals surface area contributed by atoms with Crippen LogP contribution in [0, 0.1) is 0 Å². The smallest absolute Gasteiger partial charge is 0.129 e. The number of hydrogen-bond acceptors (Lipinski definition) is 1. The van der Waals surface area contributed by atoms with Crippen molar-refractivity contribution in [2.75, 3.05) is 0 Å². The van der Waals surface area contributed by atoms with Crippen molar-refractivity contribution >= 4 is 33.0 Å². The molecule has 2 aromatic rings. The van der Waals surface area contributed by atoms with Crippen LogP contribution < -0.4 is 0 Å². The molecule has 82 valence electrons. The molecule has 2 rings (SSSR count). The normalized spacial score (nSPS) is 11.7. The Kier molecular flexibility index (Phi) is 2.85. The second-order valence-electron chi connectivity index (χ2n) is 4.51. The summed E-state index contributed by atoms with van der Waals surface area (Å²) in [6, 6.07) is 12.2. The zero-order valence-corrected chi connectivity index (χ0v) is 10.9. The summed E-state index contributed by atoms with van der Waals surface area (Å²) in [6.45, 7) is 3.88. The fourth-order valence-electron chi connectivity index (χ4n) is 1.88. The van der Waals surface area contributed by atoms with E-state index in [1.54, 1.807) is 0 Å². The van der Waals surface area contributed by atoms with Gasteiger partial charge in [0, 0.05) is 9.89 Å². The third kappa shape index (κ3) is 1.90. The molecule has 0 aliphatic carbocycles. The average molecular weight is 277 g/mol. The van der Waals surface area contributed by atoms with E-state index in [0.717, 1.165) is 27.1 Å². The molecule has 0 aliphatic heterocycles. The van der Waals surface area contributed by atoms with Crippen LogP contribution in [0.25, 0.3) is 10.8 Å². The van der Waals surface area contributed by atoms with Crippen LogP contribution in [0.4, 0.5) is 0 Å². The molecule has 0 aromatic heterocycles. The first kappa shape index (κ1) is 11.3. The van der Waals surface area contributed by atoms with Gasteiger partial charge in [-0.25, -0.2) is 0 Å². The summed E-state index contributed by atoms with van der Waals surface area (Å²) in [7, 11) is 0. The molecule has 1 nitrogen and oxygen atoms in total. The summed E-state index contributed by atoms with van der Waals surface area (Å²) in [6.07, 6.45) is 1.00. The number of aldehydes is 1. The van der Waals surface area contributed by atoms with Gasteiger partial charge in [0.15, 0.2) is 0 Å². The molecule has 0 saturated heterocycles. The van der Waals surface area contributed by atoms with Gasteiger partial charge in [0.1, 0.15) is 6.29 Å². The minimum Gasteiger partial charge on any atom is -0.302 e. The van der Waals surface area contributed by atoms with E-state index in [1.807, 2.05) is 32.0 Å². The third-order valence-corrected chi connectivity index (χ3v) is 3.32. The first-order valence-electron chi connectivity index (χ1n) is 5.20. The Labute approximate surface area is 104 Å². The van der Waals surface area contributed by atoms with Crippen LogP contribution in [0.5, 0.6) is 0 Å². The van der Waals surface area contributed by atoms with Crippen molar-refractivity contribution in [1.82, 2.24) is 0 Å². The van der Waals surface area contributed by atoms with Crippen LogP contribution in [0.2, 0.25) is 0 Å². The Bertz CT molecular complexity index is 543. The number of rotatable bonds is 2. The predicted octanol–water partition coefficient (Wildman–Crippen LogP) is 4.08. The number of carbonyl (C=O) groups is 1. The average Bonchev–Trinajstić information content (AvgIpc) is 2.27. The van der Waals surface area contributed by atoms with E-state index in [-0.39, 0.29) is 0 Å². The lowest BCUT2D eigenvalue weighted by Crippen LogP contribution is -2.18. The highest BCUT2D eigenvalue weighted by atomic mass is 79.9. The molecule has 0 spiro atoms. The lowest BCUT2D eigenvalue weighted by atomic mass is 9.83. The van der Waals surface area contributed by atoms with Crippen LogP contribution >= 0.6 is 15.9 Å². The van der Waals surface area contributed by atoms with E-state index in [0.29, 0.717) is 0 Å². The van der Waals surface area contributed by atoms with Gasteiger partial charge in [0.25, 0.3) is 0 Å². The van der Waals surface area contributed by atoms with Crippen molar-refractivity contribution in [3.8, 4) is 0 Å². The van der Waals surface area contributed by atoms with Crippen molar-refractivity contribution in [1.29, 1.82) is 0 Å². The minimum absolute atomic E-state index is 0.437. The maximum atomic E-state index is 11.1. The molecule has 0 unspecified atom stereocenters. The largest absolute Gasteiger partial charge is 0.302 e. The van der Waals surface area contributed by atoms with Gasteiger partial charge in [-0.1, -0.05) is 40.2 Å². The van der Waals surface area contributed by atoms with Gasteiger partial charge in [-0.15, -0.1) is 0 Å². The van der Waals surface area contributed by atoms with Crippen molar-refractivity contribution in [2.45, 2.75) is 19.3 Å². The summed E-state index contributed by atoms with van der Waals surface area (Å²) >= 11 is 3.45. The van der Waals surface area contributed by atoms with Gasteiger partial charge in [-0.2, -0.15) is 0 Å². The Balaban J connectivity index is 2.76. The molecule has 0 heterocycles. The summed E-state index contributed by atoms with van der Waals surface area (Å²) in [5.74, 6) is 0. The fraction of sp³-hybridized carbons (Fsp3) is 0.214. The van der Waals surface area contributed by atoms with Crippen LogP contribution in [0.1, 0.15) is 19.4 Å². The van der Waals surface area contributed by atoms with Crippen molar-refractivity contribution < 1.29 is 4.79 Å². The standard InChI is InChI=1S/C14H13BrO/c1-14(2,9-16)13-5-3-4-10-8-11(15)6-7-12(10)13/h3-9H,1-2H3. The first-order chi connectivity index (χ1) is 7.54. The molecule has 0 fully saturated rings. The van der Waals surface area contributed by atoms with Gasteiger partial charge < -0.3 is 4.79 Å². The maximum absolute atomic E-state index is 11.1. The molecule has 2 heteroatoms. The summed E-state index contributed by atoms with van der Waals surface area (Å²) in [4.78, 5) is 11.1. The van der Waals surface area contributed by atoms with E-state index < -0.39 is 5.41 Å². The van der Waals surface area contributed by atoms with Crippen molar-refractivity contribution in [3.63, 3.8) is 0 Å². The van der Waals surface area contributed by atoms with Gasteiger partial charge in [-0.3, -0.25) is 0 Å². The second-order valence-corrected chi connectivity index (χ2v) is 5.43. The number of halogens is 1. The van der Waals surface area contributed by atoms with Crippen LogP contribution in [-0.2, 0) is 10.2 Å². The number of benzene rings is 2. The molecule has 0 saturated carbocycles. The molecular weight excluding hydrogens is 264 g/mol. The van der Waals surface area contributed by atoms with Crippen LogP contribution in [-0.4, -0.2) is 6.29 Å². The van der Waals surface area contributed by atoms with Crippen LogP contribution in [0.15, 0.2) is 40.9 Å². The molecule has 0 amide bonds. The quantitative estimate of drug-likeness (QED) is 0.756. The SMILES string of the molecule is CC(C)(C=O)c1cccc2cc(Br)ccc12. The molecule has 0 aliphatic rings. The molecule has 0 N–H and O–H groups in total. The number of hydrogen-bond donors (Lipinski definition) is 0. The molecule has 2 aromatic carbocycles. The predicted molar refractivity (Wildman–Crippen MR) is 70.7 cm³/mol. The fourth-order valence-corrected chi connectivity index (χ4v) is 2.26. The lowest BCUT2D eigenvalue weighted by molar-refractivity contribution is -0.111. The van der Waals surface area contributed by atoms with Crippen molar-refractivity contribution in [2.24, 2.45) is 0 Å². The van der Waals surface area contributed by atoms with Gasteiger partial charge >= 0.3 is 0 Å². The third-order valence-electron chi connectivity index (χ3n) is 2.83. The highest BCUT2D eigenvalue weighted by molar-refractivity contribution is 9.10. The number of carbonyl (C=O) groups excluding carboxylic acids is 1. The minimum atomic E-state index is -0.437. The van der Waals surface area contributed by atoms with Gasteiger partial charge in [0.05, 0.1) is 0 Å². The summed E-state index contributed by atoms with van der Waals surface area (Å²) in [5.41, 5.74) is 0.639. The molecule has 16 heavy (non-hydrogen) atoms. The van der Waals surface area contributed by atoms with Crippen LogP contribution in [0.3, 0.4) is 0 Å². The summed E-state index contributed by atoms with van der Waals surface area (Å²) in [5, 5.41) is 2.30. The Morgan fingerprint density at radius 3 is 2.62 bits per heavy atom. The molecule has 0 atom stereocenters. The van der Waals surface area contributed by atoms with Gasteiger partial charge in [-0.05, 0) is 42.3 Å². The molecule has 0 radical (unpaired) electrons. The Hall–Kier alpha value is -1.15. The number of fused-ring (bicyclic) bond motifs is 1. The maximum Gasteiger partial charge on any atom is 0.129 e. The van der Waals surface area contributed by atoms with E-state index in [4.69, 9.17) is 0 Å². The zero-order chi connectivity index (χ0) is 11.8. The second kappa shape index (κ2) is 4.02.